The molecule has 2 unspecified atom stereocenters. The molecular formula is C21H35N3O. The number of aromatic nitrogens is 2. The average Bonchev–Trinajstić information content (AvgIpc) is 2.99. The molecule has 2 N–H and O–H groups in total. The first-order valence-electron chi connectivity index (χ1n) is 9.86. The highest BCUT2D eigenvalue weighted by Crippen LogP contribution is 2.30. The van der Waals surface area contributed by atoms with Crippen molar-refractivity contribution in [3.05, 3.63) is 29.1 Å². The minimum absolute atomic E-state index is 0.00178. The van der Waals surface area contributed by atoms with Gasteiger partial charge in [-0.1, -0.05) is 32.8 Å². The molecule has 0 fully saturated rings. The highest BCUT2D eigenvalue weighted by molar-refractivity contribution is 5.81. The molecule has 4 nitrogen and oxygen atoms in total. The van der Waals surface area contributed by atoms with Gasteiger partial charge < -0.3 is 15.0 Å². The van der Waals surface area contributed by atoms with Crippen molar-refractivity contribution in [1.82, 2.24) is 14.9 Å². The fourth-order valence-corrected chi connectivity index (χ4v) is 3.74. The molecule has 2 rings (SSSR count). The fourth-order valence-electron chi connectivity index (χ4n) is 3.74. The van der Waals surface area contributed by atoms with E-state index in [9.17, 15) is 5.11 Å². The van der Waals surface area contributed by atoms with Gasteiger partial charge in [-0.3, -0.25) is 0 Å². The van der Waals surface area contributed by atoms with Gasteiger partial charge >= 0.3 is 0 Å². The number of benzene rings is 1. The van der Waals surface area contributed by atoms with Crippen molar-refractivity contribution in [3.8, 4) is 0 Å². The summed E-state index contributed by atoms with van der Waals surface area (Å²) in [6.07, 6.45) is 6.58. The standard InChI is InChI=1S/C21H35N3O/c1-6-8-16(4)24-19-13-11-17(9-7-2)18(12-10-15(3)22-5)21(19)23-20(24)14-25/h11,13,15-16,22,25H,6-10,12,14H2,1-5H3. The Balaban J connectivity index is 2.55. The predicted octanol–water partition coefficient (Wildman–Crippen LogP) is 4.38. The molecule has 0 radical (unpaired) electrons. The Labute approximate surface area is 152 Å². The van der Waals surface area contributed by atoms with Gasteiger partial charge in [-0.15, -0.1) is 0 Å². The van der Waals surface area contributed by atoms with Crippen LogP contribution in [0.25, 0.3) is 11.0 Å². The topological polar surface area (TPSA) is 50.1 Å². The smallest absolute Gasteiger partial charge is 0.135 e. The van der Waals surface area contributed by atoms with Crippen LogP contribution in [-0.2, 0) is 19.4 Å². The maximum atomic E-state index is 9.86. The molecule has 0 aliphatic rings. The van der Waals surface area contributed by atoms with Crippen LogP contribution in [0.5, 0.6) is 0 Å². The second kappa shape index (κ2) is 9.35. The first-order chi connectivity index (χ1) is 12.1. The number of aryl methyl sites for hydroxylation is 2. The van der Waals surface area contributed by atoms with Gasteiger partial charge in [0.1, 0.15) is 12.4 Å². The van der Waals surface area contributed by atoms with Gasteiger partial charge in [-0.05, 0) is 63.8 Å². The molecule has 140 valence electrons. The Morgan fingerprint density at radius 2 is 1.88 bits per heavy atom. The van der Waals surface area contributed by atoms with Crippen molar-refractivity contribution in [3.63, 3.8) is 0 Å². The van der Waals surface area contributed by atoms with Crippen LogP contribution < -0.4 is 5.32 Å². The molecule has 2 aromatic rings. The second-order valence-corrected chi connectivity index (χ2v) is 7.24. The van der Waals surface area contributed by atoms with Crippen LogP contribution in [-0.4, -0.2) is 27.7 Å². The van der Waals surface area contributed by atoms with Crippen molar-refractivity contribution in [2.45, 2.75) is 84.9 Å². The molecule has 0 aliphatic carbocycles. The van der Waals surface area contributed by atoms with Gasteiger partial charge in [0.15, 0.2) is 0 Å². The van der Waals surface area contributed by atoms with Crippen LogP contribution in [0.15, 0.2) is 12.1 Å². The van der Waals surface area contributed by atoms with Gasteiger partial charge in [0.2, 0.25) is 0 Å². The van der Waals surface area contributed by atoms with E-state index < -0.39 is 0 Å². The largest absolute Gasteiger partial charge is 0.388 e. The lowest BCUT2D eigenvalue weighted by Gasteiger charge is -2.17. The average molecular weight is 346 g/mol. The second-order valence-electron chi connectivity index (χ2n) is 7.24. The monoisotopic (exact) mass is 345 g/mol. The van der Waals surface area contributed by atoms with Crippen molar-refractivity contribution < 1.29 is 5.11 Å². The first-order valence-corrected chi connectivity index (χ1v) is 9.86. The Morgan fingerprint density at radius 3 is 2.48 bits per heavy atom. The third-order valence-corrected chi connectivity index (χ3v) is 5.27. The van der Waals surface area contributed by atoms with Crippen molar-refractivity contribution in [2.24, 2.45) is 0 Å². The van der Waals surface area contributed by atoms with E-state index in [1.54, 1.807) is 0 Å². The summed E-state index contributed by atoms with van der Waals surface area (Å²) >= 11 is 0. The SMILES string of the molecule is CCCc1ccc2c(nc(CO)n2C(C)CCC)c1CCC(C)NC. The Hall–Kier alpha value is -1.39. The van der Waals surface area contributed by atoms with Crippen molar-refractivity contribution >= 4 is 11.0 Å². The predicted molar refractivity (Wildman–Crippen MR) is 106 cm³/mol. The molecule has 1 aromatic heterocycles. The molecule has 0 spiro atoms. The summed E-state index contributed by atoms with van der Waals surface area (Å²) in [5, 5.41) is 13.2. The number of nitrogens with one attached hydrogen (secondary N) is 1. The van der Waals surface area contributed by atoms with Gasteiger partial charge in [0.05, 0.1) is 11.0 Å². The summed E-state index contributed by atoms with van der Waals surface area (Å²) in [5.41, 5.74) is 5.06. The minimum Gasteiger partial charge on any atom is -0.388 e. The van der Waals surface area contributed by atoms with Crippen LogP contribution in [0.2, 0.25) is 0 Å². The van der Waals surface area contributed by atoms with Crippen LogP contribution in [0.3, 0.4) is 0 Å². The van der Waals surface area contributed by atoms with Gasteiger partial charge in [-0.25, -0.2) is 4.98 Å². The highest BCUT2D eigenvalue weighted by Gasteiger charge is 2.19. The van der Waals surface area contributed by atoms with E-state index in [2.05, 4.69) is 49.7 Å². The number of hydrogen-bond donors (Lipinski definition) is 2. The fraction of sp³-hybridized carbons (Fsp3) is 0.667. The zero-order valence-corrected chi connectivity index (χ0v) is 16.6. The first kappa shape index (κ1) is 19.9. The molecule has 1 heterocycles. The van der Waals surface area contributed by atoms with Gasteiger partial charge in [0.25, 0.3) is 0 Å². The van der Waals surface area contributed by atoms with E-state index in [1.165, 1.54) is 16.6 Å². The van der Waals surface area contributed by atoms with Gasteiger partial charge in [0, 0.05) is 12.1 Å². The number of hydrogen-bond acceptors (Lipinski definition) is 3. The maximum absolute atomic E-state index is 9.86. The maximum Gasteiger partial charge on any atom is 0.135 e. The van der Waals surface area contributed by atoms with Crippen LogP contribution in [0.4, 0.5) is 0 Å². The molecule has 0 bridgehead atoms. The Kier molecular flexibility index (Phi) is 7.45. The number of rotatable bonds is 10. The van der Waals surface area contributed by atoms with E-state index in [4.69, 9.17) is 4.98 Å². The zero-order valence-electron chi connectivity index (χ0n) is 16.6. The molecule has 0 saturated heterocycles. The Bertz CT molecular complexity index is 677. The molecule has 0 amide bonds. The van der Waals surface area contributed by atoms with E-state index >= 15 is 0 Å². The third kappa shape index (κ3) is 4.42. The zero-order chi connectivity index (χ0) is 18.4. The van der Waals surface area contributed by atoms with Gasteiger partial charge in [-0.2, -0.15) is 0 Å². The quantitative estimate of drug-likeness (QED) is 0.672. The number of aliphatic hydroxyl groups is 1. The summed E-state index contributed by atoms with van der Waals surface area (Å²) in [7, 11) is 2.02. The highest BCUT2D eigenvalue weighted by atomic mass is 16.3. The summed E-state index contributed by atoms with van der Waals surface area (Å²) in [5.74, 6) is 0.799. The molecule has 4 heteroatoms. The number of aliphatic hydroxyl groups excluding tert-OH is 1. The van der Waals surface area contributed by atoms with Crippen LogP contribution >= 0.6 is 0 Å². The van der Waals surface area contributed by atoms with Crippen LogP contribution in [0, 0.1) is 0 Å². The van der Waals surface area contributed by atoms with E-state index in [0.29, 0.717) is 12.1 Å². The Morgan fingerprint density at radius 1 is 1.12 bits per heavy atom. The number of nitrogens with zero attached hydrogens (tertiary/aromatic N) is 2. The minimum atomic E-state index is -0.00178. The molecule has 0 saturated carbocycles. The van der Waals surface area contributed by atoms with E-state index in [-0.39, 0.29) is 6.61 Å². The van der Waals surface area contributed by atoms with E-state index in [1.807, 2.05) is 7.05 Å². The molecule has 0 aliphatic heterocycles. The molecule has 1 aromatic carbocycles. The third-order valence-electron chi connectivity index (χ3n) is 5.27. The summed E-state index contributed by atoms with van der Waals surface area (Å²) < 4.78 is 2.25. The molecule has 25 heavy (non-hydrogen) atoms. The lowest BCUT2D eigenvalue weighted by molar-refractivity contribution is 0.261. The summed E-state index contributed by atoms with van der Waals surface area (Å²) in [6.45, 7) is 8.88. The lowest BCUT2D eigenvalue weighted by Crippen LogP contribution is -2.21. The molecular weight excluding hydrogens is 310 g/mol. The lowest BCUT2D eigenvalue weighted by atomic mass is 9.96. The molecule has 2 atom stereocenters. The summed E-state index contributed by atoms with van der Waals surface area (Å²) in [6, 6.07) is 5.34. The van der Waals surface area contributed by atoms with E-state index in [0.717, 1.165) is 49.9 Å². The van der Waals surface area contributed by atoms with Crippen molar-refractivity contribution in [2.75, 3.05) is 7.05 Å². The summed E-state index contributed by atoms with van der Waals surface area (Å²) in [4.78, 5) is 4.87. The normalized spacial score (nSPS) is 14.2. The number of imidazole rings is 1. The van der Waals surface area contributed by atoms with Crippen LogP contribution in [0.1, 0.15) is 76.4 Å². The van der Waals surface area contributed by atoms with Crippen molar-refractivity contribution in [1.29, 1.82) is 0 Å². The number of fused-ring (bicyclic) bond motifs is 1.